The molecule has 2 aliphatic heterocycles. The van der Waals surface area contributed by atoms with Crippen LogP contribution in [-0.4, -0.2) is 48.3 Å². The molecule has 136 valence electrons. The van der Waals surface area contributed by atoms with Gasteiger partial charge in [0.2, 0.25) is 0 Å². The minimum absolute atomic E-state index is 0.00434. The van der Waals surface area contributed by atoms with Crippen LogP contribution in [0.2, 0.25) is 0 Å². The second-order valence-electron chi connectivity index (χ2n) is 6.67. The zero-order chi connectivity index (χ0) is 18.2. The molecule has 2 heterocycles. The molecule has 1 saturated heterocycles. The Balaban J connectivity index is 1.73. The van der Waals surface area contributed by atoms with E-state index in [2.05, 4.69) is 15.6 Å². The van der Waals surface area contributed by atoms with Crippen molar-refractivity contribution >= 4 is 38.4 Å². The van der Waals surface area contributed by atoms with Crippen LogP contribution in [0.15, 0.2) is 23.2 Å². The molecule has 0 bridgehead atoms. The van der Waals surface area contributed by atoms with Crippen molar-refractivity contribution < 1.29 is 13.2 Å². The standard InChI is InChI=1S/C17H23N3O3S2/c1-4-11(3)18-16(21)12-6-5-10(2)13(7-12)19-17-20-14-8-25(22,23)9-15(14)24-17/h5-7,11,14-15H,4,8-9H2,1-3H3,(H,18,21)(H,19,20). The summed E-state index contributed by atoms with van der Waals surface area (Å²) < 4.78 is 23.3. The van der Waals surface area contributed by atoms with E-state index in [4.69, 9.17) is 0 Å². The summed E-state index contributed by atoms with van der Waals surface area (Å²) in [5, 5.41) is 6.96. The largest absolute Gasteiger partial charge is 0.350 e. The highest BCUT2D eigenvalue weighted by molar-refractivity contribution is 8.15. The highest BCUT2D eigenvalue weighted by Gasteiger charge is 2.42. The second kappa shape index (κ2) is 6.99. The van der Waals surface area contributed by atoms with Crippen LogP contribution < -0.4 is 10.6 Å². The van der Waals surface area contributed by atoms with Crippen molar-refractivity contribution in [2.24, 2.45) is 4.99 Å². The maximum absolute atomic E-state index is 12.3. The van der Waals surface area contributed by atoms with Gasteiger partial charge in [-0.05, 0) is 38.0 Å². The first-order valence-electron chi connectivity index (χ1n) is 8.41. The van der Waals surface area contributed by atoms with Crippen LogP contribution in [0.25, 0.3) is 0 Å². The number of thioether (sulfide) groups is 1. The first-order valence-corrected chi connectivity index (χ1v) is 11.1. The molecule has 0 saturated carbocycles. The minimum Gasteiger partial charge on any atom is -0.350 e. The molecule has 0 radical (unpaired) electrons. The van der Waals surface area contributed by atoms with E-state index >= 15 is 0 Å². The molecule has 3 unspecified atom stereocenters. The number of hydrogen-bond acceptors (Lipinski definition) is 6. The molecule has 25 heavy (non-hydrogen) atoms. The van der Waals surface area contributed by atoms with Gasteiger partial charge in [0, 0.05) is 22.5 Å². The number of rotatable bonds is 4. The van der Waals surface area contributed by atoms with Gasteiger partial charge in [0.15, 0.2) is 15.0 Å². The zero-order valence-electron chi connectivity index (χ0n) is 14.6. The van der Waals surface area contributed by atoms with E-state index in [9.17, 15) is 13.2 Å². The summed E-state index contributed by atoms with van der Waals surface area (Å²) in [7, 11) is -2.95. The molecule has 0 aliphatic carbocycles. The first-order chi connectivity index (χ1) is 11.8. The summed E-state index contributed by atoms with van der Waals surface area (Å²) in [5.41, 5.74) is 2.43. The molecule has 6 nitrogen and oxygen atoms in total. The van der Waals surface area contributed by atoms with Crippen molar-refractivity contribution in [1.29, 1.82) is 0 Å². The van der Waals surface area contributed by atoms with Crippen molar-refractivity contribution in [1.82, 2.24) is 5.32 Å². The van der Waals surface area contributed by atoms with Crippen LogP contribution in [0.1, 0.15) is 36.2 Å². The maximum Gasteiger partial charge on any atom is 0.251 e. The van der Waals surface area contributed by atoms with Gasteiger partial charge in [-0.3, -0.25) is 9.79 Å². The molecule has 3 atom stereocenters. The summed E-state index contributed by atoms with van der Waals surface area (Å²) in [5.74, 6) is 0.223. The number of carbonyl (C=O) groups excluding carboxylic acids is 1. The third-order valence-corrected chi connectivity index (χ3v) is 7.69. The predicted molar refractivity (Wildman–Crippen MR) is 103 cm³/mol. The number of hydrogen-bond donors (Lipinski definition) is 2. The number of aryl methyl sites for hydroxylation is 1. The fraction of sp³-hybridized carbons (Fsp3) is 0.529. The van der Waals surface area contributed by atoms with Crippen molar-refractivity contribution in [2.75, 3.05) is 16.8 Å². The van der Waals surface area contributed by atoms with Crippen molar-refractivity contribution in [3.63, 3.8) is 0 Å². The van der Waals surface area contributed by atoms with E-state index in [-0.39, 0.29) is 34.7 Å². The monoisotopic (exact) mass is 381 g/mol. The number of nitrogens with zero attached hydrogens (tertiary/aromatic N) is 1. The summed E-state index contributed by atoms with van der Waals surface area (Å²) in [6.45, 7) is 5.96. The molecule has 1 amide bonds. The predicted octanol–water partition coefficient (Wildman–Crippen LogP) is 2.20. The third kappa shape index (κ3) is 4.17. The summed E-state index contributed by atoms with van der Waals surface area (Å²) in [6, 6.07) is 5.50. The molecule has 1 fully saturated rings. The summed E-state index contributed by atoms with van der Waals surface area (Å²) in [6.07, 6.45) is 0.877. The van der Waals surface area contributed by atoms with Gasteiger partial charge < -0.3 is 10.6 Å². The van der Waals surface area contributed by atoms with Crippen LogP contribution in [0, 0.1) is 6.92 Å². The Labute approximate surface area is 152 Å². The number of carbonyl (C=O) groups is 1. The molecule has 3 rings (SSSR count). The molecule has 8 heteroatoms. The number of nitrogens with one attached hydrogen (secondary N) is 2. The van der Waals surface area contributed by atoms with Gasteiger partial charge in [-0.25, -0.2) is 8.42 Å². The van der Waals surface area contributed by atoms with Gasteiger partial charge in [-0.1, -0.05) is 24.8 Å². The fourth-order valence-corrected chi connectivity index (χ4v) is 6.51. The smallest absolute Gasteiger partial charge is 0.251 e. The third-order valence-electron chi connectivity index (χ3n) is 4.55. The van der Waals surface area contributed by atoms with Crippen LogP contribution >= 0.6 is 11.8 Å². The molecule has 1 aromatic carbocycles. The summed E-state index contributed by atoms with van der Waals surface area (Å²) >= 11 is 1.47. The Bertz CT molecular complexity index is 820. The first kappa shape index (κ1) is 18.3. The Morgan fingerprint density at radius 1 is 1.40 bits per heavy atom. The molecular formula is C17H23N3O3S2. The van der Waals surface area contributed by atoms with E-state index in [0.717, 1.165) is 22.8 Å². The van der Waals surface area contributed by atoms with Gasteiger partial charge >= 0.3 is 0 Å². The Hall–Kier alpha value is -1.54. The number of aliphatic imine (C=N–C) groups is 1. The van der Waals surface area contributed by atoms with Gasteiger partial charge in [-0.2, -0.15) is 0 Å². The average molecular weight is 382 g/mol. The normalized spacial score (nSPS) is 25.2. The molecule has 1 aromatic rings. The summed E-state index contributed by atoms with van der Waals surface area (Å²) in [4.78, 5) is 16.8. The number of fused-ring (bicyclic) bond motifs is 1. The van der Waals surface area contributed by atoms with Crippen LogP contribution in [-0.2, 0) is 9.84 Å². The number of sulfone groups is 1. The topological polar surface area (TPSA) is 87.6 Å². The quantitative estimate of drug-likeness (QED) is 0.835. The lowest BCUT2D eigenvalue weighted by atomic mass is 10.1. The van der Waals surface area contributed by atoms with Gasteiger partial charge in [0.05, 0.1) is 17.5 Å². The van der Waals surface area contributed by atoms with E-state index in [1.165, 1.54) is 11.8 Å². The Kier molecular flexibility index (Phi) is 5.11. The zero-order valence-corrected chi connectivity index (χ0v) is 16.2. The Morgan fingerprint density at radius 2 is 2.16 bits per heavy atom. The number of benzene rings is 1. The maximum atomic E-state index is 12.3. The van der Waals surface area contributed by atoms with Gasteiger partial charge in [0.1, 0.15) is 0 Å². The van der Waals surface area contributed by atoms with Crippen molar-refractivity contribution in [3.05, 3.63) is 29.3 Å². The van der Waals surface area contributed by atoms with Gasteiger partial charge in [0.25, 0.3) is 5.91 Å². The lowest BCUT2D eigenvalue weighted by Gasteiger charge is -2.14. The lowest BCUT2D eigenvalue weighted by Crippen LogP contribution is -2.32. The molecule has 0 aromatic heterocycles. The number of amides is 1. The average Bonchev–Trinajstić information content (AvgIpc) is 3.01. The number of anilines is 1. The van der Waals surface area contributed by atoms with E-state index in [0.29, 0.717) is 5.56 Å². The van der Waals surface area contributed by atoms with E-state index < -0.39 is 9.84 Å². The van der Waals surface area contributed by atoms with Crippen LogP contribution in [0.5, 0.6) is 0 Å². The lowest BCUT2D eigenvalue weighted by molar-refractivity contribution is 0.0939. The highest BCUT2D eigenvalue weighted by atomic mass is 32.2. The molecule has 2 N–H and O–H groups in total. The second-order valence-corrected chi connectivity index (χ2v) is 10.1. The van der Waals surface area contributed by atoms with E-state index in [1.807, 2.05) is 39.0 Å². The highest BCUT2D eigenvalue weighted by Crippen LogP contribution is 2.35. The fourth-order valence-electron chi connectivity index (χ4n) is 2.84. The van der Waals surface area contributed by atoms with Crippen LogP contribution in [0.3, 0.4) is 0 Å². The minimum atomic E-state index is -2.95. The van der Waals surface area contributed by atoms with Crippen molar-refractivity contribution in [3.8, 4) is 0 Å². The van der Waals surface area contributed by atoms with Gasteiger partial charge in [-0.15, -0.1) is 0 Å². The molecular weight excluding hydrogens is 358 g/mol. The molecule has 2 aliphatic rings. The van der Waals surface area contributed by atoms with Crippen molar-refractivity contribution in [2.45, 2.75) is 44.5 Å². The van der Waals surface area contributed by atoms with E-state index in [1.54, 1.807) is 0 Å². The Morgan fingerprint density at radius 3 is 2.84 bits per heavy atom. The SMILES string of the molecule is CCC(C)NC(=O)c1ccc(C)c(NC2=NC3CS(=O)(=O)CC3S2)c1. The van der Waals surface area contributed by atoms with Crippen LogP contribution in [0.4, 0.5) is 5.69 Å². The molecule has 0 spiro atoms. The number of amidine groups is 1.